The summed E-state index contributed by atoms with van der Waals surface area (Å²) in [5, 5.41) is 0. The smallest absolute Gasteiger partial charge is 0.0160 e. The molecule has 0 heterocycles. The van der Waals surface area contributed by atoms with E-state index < -0.39 is 0 Å². The average Bonchev–Trinajstić information content (AvgIpc) is 2.34. The van der Waals surface area contributed by atoms with E-state index in [9.17, 15) is 0 Å². The van der Waals surface area contributed by atoms with E-state index in [0.29, 0.717) is 0 Å². The lowest BCUT2D eigenvalue weighted by Gasteiger charge is -2.02. The second-order valence-electron chi connectivity index (χ2n) is 3.35. The third kappa shape index (κ3) is 2.38. The summed E-state index contributed by atoms with van der Waals surface area (Å²) in [5.41, 5.74) is 1.54. The van der Waals surface area contributed by atoms with E-state index in [1.807, 2.05) is 0 Å². The van der Waals surface area contributed by atoms with Crippen LogP contribution in [0.3, 0.4) is 0 Å². The summed E-state index contributed by atoms with van der Waals surface area (Å²) in [6, 6.07) is 0. The van der Waals surface area contributed by atoms with Gasteiger partial charge in [-0.25, -0.2) is 0 Å². The number of rotatable bonds is 3. The highest BCUT2D eigenvalue weighted by atomic mass is 14.0. The Morgan fingerprint density at radius 3 is 2.80 bits per heavy atom. The minimum atomic E-state index is 0.842. The van der Waals surface area contributed by atoms with Crippen LogP contribution < -0.4 is 0 Å². The van der Waals surface area contributed by atoms with Gasteiger partial charge in [0.05, 0.1) is 0 Å². The minimum absolute atomic E-state index is 0.842. The van der Waals surface area contributed by atoms with Gasteiger partial charge in [0.1, 0.15) is 0 Å². The maximum absolute atomic E-state index is 2.32. The zero-order valence-electron chi connectivity index (χ0n) is 6.93. The highest BCUT2D eigenvalue weighted by Gasteiger charge is 1.98. The zero-order valence-corrected chi connectivity index (χ0v) is 6.93. The van der Waals surface area contributed by atoms with Crippen molar-refractivity contribution in [3.05, 3.63) is 23.8 Å². The molecule has 1 rings (SSSR count). The molecular formula is C10H16. The average molecular weight is 136 g/mol. The molecule has 0 saturated heterocycles. The molecule has 0 unspecified atom stereocenters. The van der Waals surface area contributed by atoms with Crippen molar-refractivity contribution in [2.75, 3.05) is 0 Å². The first-order chi connectivity index (χ1) is 4.79. The highest BCUT2D eigenvalue weighted by molar-refractivity contribution is 5.25. The Hall–Kier alpha value is -0.520. The van der Waals surface area contributed by atoms with Gasteiger partial charge in [-0.3, -0.25) is 0 Å². The van der Waals surface area contributed by atoms with Gasteiger partial charge in [-0.05, 0) is 25.2 Å². The van der Waals surface area contributed by atoms with Gasteiger partial charge in [-0.1, -0.05) is 37.6 Å². The first kappa shape index (κ1) is 7.59. The third-order valence-corrected chi connectivity index (χ3v) is 1.86. The molecule has 0 aliphatic heterocycles. The van der Waals surface area contributed by atoms with E-state index in [-0.39, 0.29) is 0 Å². The largest absolute Gasteiger partial charge is 0.0805 e. The van der Waals surface area contributed by atoms with E-state index in [0.717, 1.165) is 12.3 Å². The van der Waals surface area contributed by atoms with Gasteiger partial charge in [-0.15, -0.1) is 0 Å². The summed E-state index contributed by atoms with van der Waals surface area (Å²) < 4.78 is 0. The molecule has 1 aliphatic rings. The summed E-state index contributed by atoms with van der Waals surface area (Å²) in [5.74, 6) is 0.842. The predicted molar refractivity (Wildman–Crippen MR) is 45.9 cm³/mol. The van der Waals surface area contributed by atoms with Gasteiger partial charge in [0.25, 0.3) is 0 Å². The van der Waals surface area contributed by atoms with Crippen LogP contribution in [0, 0.1) is 5.92 Å². The zero-order chi connectivity index (χ0) is 7.40. The van der Waals surface area contributed by atoms with Gasteiger partial charge < -0.3 is 0 Å². The molecule has 10 heavy (non-hydrogen) atoms. The Morgan fingerprint density at radius 2 is 2.30 bits per heavy atom. The molecule has 0 amide bonds. The minimum Gasteiger partial charge on any atom is -0.0805 e. The first-order valence-electron chi connectivity index (χ1n) is 4.14. The van der Waals surface area contributed by atoms with Crippen molar-refractivity contribution in [2.24, 2.45) is 5.92 Å². The van der Waals surface area contributed by atoms with Crippen LogP contribution in [0.1, 0.15) is 33.1 Å². The molecule has 0 atom stereocenters. The Labute approximate surface area is 63.6 Å². The van der Waals surface area contributed by atoms with Crippen molar-refractivity contribution in [1.82, 2.24) is 0 Å². The van der Waals surface area contributed by atoms with Crippen LogP contribution in [-0.2, 0) is 0 Å². The molecule has 0 saturated carbocycles. The molecule has 0 spiro atoms. The lowest BCUT2D eigenvalue weighted by molar-refractivity contribution is 0.588. The van der Waals surface area contributed by atoms with Crippen LogP contribution in [0.2, 0.25) is 0 Å². The maximum atomic E-state index is 2.32. The number of allylic oxidation sites excluding steroid dienone is 4. The molecule has 0 bridgehead atoms. The summed E-state index contributed by atoms with van der Waals surface area (Å²) in [7, 11) is 0. The fraction of sp³-hybridized carbons (Fsp3) is 0.600. The van der Waals surface area contributed by atoms with Crippen molar-refractivity contribution in [1.29, 1.82) is 0 Å². The summed E-state index contributed by atoms with van der Waals surface area (Å²) >= 11 is 0. The number of hydrogen-bond acceptors (Lipinski definition) is 0. The Balaban J connectivity index is 2.19. The summed E-state index contributed by atoms with van der Waals surface area (Å²) in [4.78, 5) is 0. The SMILES string of the molecule is CC(C)CCC1=CCC=C1. The fourth-order valence-electron chi connectivity index (χ4n) is 1.15. The molecule has 0 nitrogen and oxygen atoms in total. The van der Waals surface area contributed by atoms with E-state index >= 15 is 0 Å². The van der Waals surface area contributed by atoms with Gasteiger partial charge in [0.2, 0.25) is 0 Å². The second kappa shape index (κ2) is 3.60. The highest BCUT2D eigenvalue weighted by Crippen LogP contribution is 2.17. The fourth-order valence-corrected chi connectivity index (χ4v) is 1.15. The summed E-state index contributed by atoms with van der Waals surface area (Å²) in [6.07, 6.45) is 10.6. The van der Waals surface area contributed by atoms with E-state index in [1.165, 1.54) is 18.4 Å². The molecule has 0 radical (unpaired) electrons. The number of hydrogen-bond donors (Lipinski definition) is 0. The van der Waals surface area contributed by atoms with Gasteiger partial charge in [0.15, 0.2) is 0 Å². The standard InChI is InChI=1S/C10H16/c1-9(2)7-8-10-5-3-4-6-10/h3,5-6,9H,4,7-8H2,1-2H3. The van der Waals surface area contributed by atoms with E-state index in [1.54, 1.807) is 0 Å². The molecule has 56 valence electrons. The van der Waals surface area contributed by atoms with Crippen molar-refractivity contribution < 1.29 is 0 Å². The monoisotopic (exact) mass is 136 g/mol. The van der Waals surface area contributed by atoms with Crippen LogP contribution in [-0.4, -0.2) is 0 Å². The topological polar surface area (TPSA) is 0 Å². The molecule has 0 heteroatoms. The molecule has 0 fully saturated rings. The van der Waals surface area contributed by atoms with Crippen molar-refractivity contribution in [3.8, 4) is 0 Å². The maximum Gasteiger partial charge on any atom is -0.0160 e. The lowest BCUT2D eigenvalue weighted by Crippen LogP contribution is -1.86. The molecule has 0 aromatic heterocycles. The molecule has 0 aromatic carbocycles. The second-order valence-corrected chi connectivity index (χ2v) is 3.35. The van der Waals surface area contributed by atoms with Crippen LogP contribution in [0.25, 0.3) is 0 Å². The molecule has 0 N–H and O–H groups in total. The molecule has 0 aromatic rings. The van der Waals surface area contributed by atoms with Crippen LogP contribution in [0.4, 0.5) is 0 Å². The quantitative estimate of drug-likeness (QED) is 0.558. The third-order valence-electron chi connectivity index (χ3n) is 1.86. The Kier molecular flexibility index (Phi) is 2.73. The predicted octanol–water partition coefficient (Wildman–Crippen LogP) is 3.31. The van der Waals surface area contributed by atoms with E-state index in [2.05, 4.69) is 32.1 Å². The van der Waals surface area contributed by atoms with Crippen molar-refractivity contribution >= 4 is 0 Å². The van der Waals surface area contributed by atoms with Crippen molar-refractivity contribution in [3.63, 3.8) is 0 Å². The van der Waals surface area contributed by atoms with Gasteiger partial charge >= 0.3 is 0 Å². The Bertz CT molecular complexity index is 149. The first-order valence-corrected chi connectivity index (χ1v) is 4.14. The van der Waals surface area contributed by atoms with Gasteiger partial charge in [-0.2, -0.15) is 0 Å². The normalized spacial score (nSPS) is 16.5. The lowest BCUT2D eigenvalue weighted by atomic mass is 10.0. The van der Waals surface area contributed by atoms with Crippen molar-refractivity contribution in [2.45, 2.75) is 33.1 Å². The van der Waals surface area contributed by atoms with Crippen LogP contribution >= 0.6 is 0 Å². The van der Waals surface area contributed by atoms with E-state index in [4.69, 9.17) is 0 Å². The van der Waals surface area contributed by atoms with Gasteiger partial charge in [0, 0.05) is 0 Å². The van der Waals surface area contributed by atoms with Crippen LogP contribution in [0.15, 0.2) is 23.8 Å². The molecular weight excluding hydrogens is 120 g/mol. The summed E-state index contributed by atoms with van der Waals surface area (Å²) in [6.45, 7) is 4.55. The molecule has 1 aliphatic carbocycles. The Morgan fingerprint density at radius 1 is 1.50 bits per heavy atom. The van der Waals surface area contributed by atoms with Crippen LogP contribution in [0.5, 0.6) is 0 Å².